The average Bonchev–Trinajstić information content (AvgIpc) is 2.93. The Morgan fingerprint density at radius 2 is 1.27 bits per heavy atom. The summed E-state index contributed by atoms with van der Waals surface area (Å²) < 4.78 is 30.7. The van der Waals surface area contributed by atoms with Crippen LogP contribution in [0.1, 0.15) is 31.1 Å². The molecule has 4 rings (SSSR count). The van der Waals surface area contributed by atoms with Crippen molar-refractivity contribution in [3.8, 4) is 23.0 Å². The van der Waals surface area contributed by atoms with E-state index in [1.807, 2.05) is 0 Å². The summed E-state index contributed by atoms with van der Waals surface area (Å²) in [5.74, 6) is 0.960. The summed E-state index contributed by atoms with van der Waals surface area (Å²) in [6, 6.07) is 16.6. The molecule has 1 saturated heterocycles. The first kappa shape index (κ1) is 29.2. The van der Waals surface area contributed by atoms with Crippen molar-refractivity contribution in [2.45, 2.75) is 26.4 Å². The number of anilines is 1. The molecule has 0 saturated carbocycles. The number of urea groups is 1. The minimum Gasteiger partial charge on any atom is -0.457 e. The minimum atomic E-state index is -0.599. The number of amides is 4. The van der Waals surface area contributed by atoms with Crippen molar-refractivity contribution < 1.29 is 33.0 Å². The molecule has 0 unspecified atom stereocenters. The molecule has 0 aromatic heterocycles. The van der Waals surface area contributed by atoms with Gasteiger partial charge in [0.2, 0.25) is 0 Å². The van der Waals surface area contributed by atoms with Crippen molar-refractivity contribution in [3.63, 3.8) is 0 Å². The smallest absolute Gasteiger partial charge is 0.410 e. The number of ether oxygens (including phenoxy) is 3. The van der Waals surface area contributed by atoms with Crippen molar-refractivity contribution >= 4 is 23.7 Å². The highest BCUT2D eigenvalue weighted by atomic mass is 19.1. The summed E-state index contributed by atoms with van der Waals surface area (Å²) in [5.41, 5.74) is 0.285. The highest BCUT2D eigenvalue weighted by Crippen LogP contribution is 2.33. The van der Waals surface area contributed by atoms with E-state index in [-0.39, 0.29) is 11.9 Å². The number of hydrogen-bond acceptors (Lipinski definition) is 6. The van der Waals surface area contributed by atoms with Crippen LogP contribution in [0.2, 0.25) is 0 Å². The Bertz CT molecular complexity index is 1380. The Balaban J connectivity index is 1.48. The Kier molecular flexibility index (Phi) is 8.96. The number of carbonyl (C=O) groups is 3. The molecular weight excluding hydrogens is 531 g/mol. The van der Waals surface area contributed by atoms with Gasteiger partial charge in [-0.05, 0) is 69.3 Å². The predicted octanol–water partition coefficient (Wildman–Crippen LogP) is 5.85. The second-order valence-electron chi connectivity index (χ2n) is 10.3. The molecule has 0 bridgehead atoms. The Hall–Kier alpha value is -4.80. The van der Waals surface area contributed by atoms with Crippen molar-refractivity contribution in [2.24, 2.45) is 0 Å². The van der Waals surface area contributed by atoms with Gasteiger partial charge in [0, 0.05) is 62.7 Å². The zero-order valence-electron chi connectivity index (χ0n) is 23.4. The van der Waals surface area contributed by atoms with Crippen molar-refractivity contribution in [1.29, 1.82) is 0 Å². The lowest BCUT2D eigenvalue weighted by atomic mass is 10.2. The number of nitrogens with one attached hydrogen (secondary N) is 2. The van der Waals surface area contributed by atoms with Crippen LogP contribution in [0.5, 0.6) is 23.0 Å². The van der Waals surface area contributed by atoms with Gasteiger partial charge in [-0.1, -0.05) is 0 Å². The second kappa shape index (κ2) is 12.6. The van der Waals surface area contributed by atoms with Crippen LogP contribution in [0, 0.1) is 5.82 Å². The molecule has 10 nitrogen and oxygen atoms in total. The van der Waals surface area contributed by atoms with E-state index in [0.717, 1.165) is 0 Å². The van der Waals surface area contributed by atoms with Crippen LogP contribution >= 0.6 is 0 Å². The van der Waals surface area contributed by atoms with Gasteiger partial charge >= 0.3 is 12.1 Å². The van der Waals surface area contributed by atoms with E-state index in [1.165, 1.54) is 24.3 Å². The highest BCUT2D eigenvalue weighted by molar-refractivity contribution is 5.94. The molecule has 216 valence electrons. The third-order valence-electron chi connectivity index (χ3n) is 5.98. The molecule has 3 aromatic carbocycles. The second-order valence-corrected chi connectivity index (χ2v) is 10.3. The van der Waals surface area contributed by atoms with Crippen LogP contribution in [0.3, 0.4) is 0 Å². The fourth-order valence-corrected chi connectivity index (χ4v) is 3.98. The lowest BCUT2D eigenvalue weighted by Crippen LogP contribution is -2.52. The van der Waals surface area contributed by atoms with E-state index in [2.05, 4.69) is 10.6 Å². The average molecular weight is 565 g/mol. The molecule has 41 heavy (non-hydrogen) atoms. The molecule has 4 amide bonds. The summed E-state index contributed by atoms with van der Waals surface area (Å²) in [4.78, 5) is 40.5. The number of hydrogen-bond donors (Lipinski definition) is 2. The van der Waals surface area contributed by atoms with Gasteiger partial charge in [0.25, 0.3) is 5.91 Å². The first-order valence-electron chi connectivity index (χ1n) is 13.1. The predicted molar refractivity (Wildman–Crippen MR) is 151 cm³/mol. The zero-order valence-corrected chi connectivity index (χ0v) is 23.4. The fraction of sp³-hybridized carbons (Fsp3) is 0.300. The maximum atomic E-state index is 13.4. The van der Waals surface area contributed by atoms with E-state index in [0.29, 0.717) is 60.4 Å². The molecule has 1 aliphatic heterocycles. The number of rotatable bonds is 6. The SMILES string of the molecule is CNC(=O)c1ccc(Oc2cc(NC(=O)N3CCN(C(=O)OC(C)(C)C)CC3)cc(Oc3ccc(F)cc3)c2)cc1. The summed E-state index contributed by atoms with van der Waals surface area (Å²) in [5, 5.41) is 5.43. The molecule has 1 aliphatic rings. The first-order valence-corrected chi connectivity index (χ1v) is 13.1. The number of halogens is 1. The van der Waals surface area contributed by atoms with Crippen LogP contribution in [-0.2, 0) is 4.74 Å². The quantitative estimate of drug-likeness (QED) is 0.389. The Morgan fingerprint density at radius 3 is 1.78 bits per heavy atom. The molecule has 1 heterocycles. The molecule has 1 fully saturated rings. The molecule has 2 N–H and O–H groups in total. The van der Waals surface area contributed by atoms with Gasteiger partial charge in [0.05, 0.1) is 0 Å². The highest BCUT2D eigenvalue weighted by Gasteiger charge is 2.28. The maximum Gasteiger partial charge on any atom is 0.410 e. The first-order chi connectivity index (χ1) is 19.5. The van der Waals surface area contributed by atoms with Crippen LogP contribution < -0.4 is 20.1 Å². The van der Waals surface area contributed by atoms with Gasteiger partial charge in [-0.15, -0.1) is 0 Å². The minimum absolute atomic E-state index is 0.219. The monoisotopic (exact) mass is 564 g/mol. The number of nitrogens with zero attached hydrogens (tertiary/aromatic N) is 2. The number of piperazine rings is 1. The lowest BCUT2D eigenvalue weighted by Gasteiger charge is -2.35. The Labute approximate surface area is 238 Å². The number of benzene rings is 3. The van der Waals surface area contributed by atoms with Gasteiger partial charge in [-0.25, -0.2) is 14.0 Å². The van der Waals surface area contributed by atoms with Gasteiger partial charge in [-0.2, -0.15) is 0 Å². The fourth-order valence-electron chi connectivity index (χ4n) is 3.98. The third kappa shape index (κ3) is 8.34. The van der Waals surface area contributed by atoms with E-state index in [9.17, 15) is 18.8 Å². The molecule has 11 heteroatoms. The van der Waals surface area contributed by atoms with Crippen molar-refractivity contribution in [2.75, 3.05) is 38.5 Å². The zero-order chi connectivity index (χ0) is 29.6. The van der Waals surface area contributed by atoms with Crippen molar-refractivity contribution in [3.05, 3.63) is 78.1 Å². The van der Waals surface area contributed by atoms with Crippen molar-refractivity contribution in [1.82, 2.24) is 15.1 Å². The van der Waals surface area contributed by atoms with Crippen LogP contribution in [0.15, 0.2) is 66.7 Å². The summed E-state index contributed by atoms with van der Waals surface area (Å²) in [6.45, 7) is 6.77. The summed E-state index contributed by atoms with van der Waals surface area (Å²) in [6.07, 6.45) is -0.409. The van der Waals surface area contributed by atoms with Gasteiger partial charge < -0.3 is 34.6 Å². The van der Waals surface area contributed by atoms with Gasteiger partial charge in [0.1, 0.15) is 34.4 Å². The lowest BCUT2D eigenvalue weighted by molar-refractivity contribution is 0.0174. The molecule has 0 atom stereocenters. The van der Waals surface area contributed by atoms with Gasteiger partial charge in [-0.3, -0.25) is 4.79 Å². The molecular formula is C30H33FN4O6. The van der Waals surface area contributed by atoms with Crippen LogP contribution in [-0.4, -0.2) is 66.7 Å². The van der Waals surface area contributed by atoms with E-state index < -0.39 is 17.5 Å². The van der Waals surface area contributed by atoms with Crippen LogP contribution in [0.25, 0.3) is 0 Å². The molecule has 0 spiro atoms. The largest absolute Gasteiger partial charge is 0.457 e. The summed E-state index contributed by atoms with van der Waals surface area (Å²) >= 11 is 0. The van der Waals surface area contributed by atoms with Gasteiger partial charge in [0.15, 0.2) is 0 Å². The Morgan fingerprint density at radius 1 is 0.756 bits per heavy atom. The number of carbonyl (C=O) groups excluding carboxylic acids is 3. The topological polar surface area (TPSA) is 109 Å². The van der Waals surface area contributed by atoms with E-state index >= 15 is 0 Å². The molecule has 0 aliphatic carbocycles. The standard InChI is InChI=1S/C30H33FN4O6/c1-30(2,3)41-29(38)35-15-13-34(14-16-35)28(37)33-22-17-25(39-23-9-5-20(6-10-23)27(36)32-4)19-26(18-22)40-24-11-7-21(31)8-12-24/h5-12,17-19H,13-16H2,1-4H3,(H,32,36)(H,33,37). The van der Waals surface area contributed by atoms with Crippen LogP contribution in [0.4, 0.5) is 19.7 Å². The normalized spacial score (nSPS) is 13.3. The molecule has 0 radical (unpaired) electrons. The summed E-state index contributed by atoms with van der Waals surface area (Å²) in [7, 11) is 1.55. The van der Waals surface area contributed by atoms with E-state index in [1.54, 1.807) is 80.1 Å². The molecule has 3 aromatic rings. The van der Waals surface area contributed by atoms with E-state index in [4.69, 9.17) is 14.2 Å². The third-order valence-corrected chi connectivity index (χ3v) is 5.98. The maximum absolute atomic E-state index is 13.4.